The highest BCUT2D eigenvalue weighted by Gasteiger charge is 2.20. The molecule has 4 nitrogen and oxygen atoms in total. The highest BCUT2D eigenvalue weighted by Crippen LogP contribution is 2.11. The Morgan fingerprint density at radius 2 is 1.67 bits per heavy atom. The standard InChI is InChI=1S/C10H13FO4/c1-4-7(9(12)14-5-2)8(11)10(13)15-6-3/h4H,1,5-6H2,2-3H3/b8-7+. The van der Waals surface area contributed by atoms with Crippen molar-refractivity contribution >= 4 is 11.9 Å². The highest BCUT2D eigenvalue weighted by atomic mass is 19.1. The summed E-state index contributed by atoms with van der Waals surface area (Å²) in [6.45, 7) is 6.44. The molecule has 0 saturated heterocycles. The van der Waals surface area contributed by atoms with Crippen LogP contribution in [0.5, 0.6) is 0 Å². The maximum absolute atomic E-state index is 13.3. The van der Waals surface area contributed by atoms with Crippen molar-refractivity contribution in [3.63, 3.8) is 0 Å². The fourth-order valence-electron chi connectivity index (χ4n) is 0.776. The van der Waals surface area contributed by atoms with Crippen molar-refractivity contribution in [2.24, 2.45) is 0 Å². The molecule has 0 N–H and O–H groups in total. The normalized spacial score (nSPS) is 11.4. The van der Waals surface area contributed by atoms with Gasteiger partial charge in [0.25, 0.3) is 0 Å². The summed E-state index contributed by atoms with van der Waals surface area (Å²) in [5.74, 6) is -3.41. The molecule has 0 saturated carbocycles. The van der Waals surface area contributed by atoms with Crippen molar-refractivity contribution < 1.29 is 23.5 Å². The zero-order valence-corrected chi connectivity index (χ0v) is 8.71. The van der Waals surface area contributed by atoms with Crippen LogP contribution in [0.4, 0.5) is 4.39 Å². The Bertz CT molecular complexity index is 294. The summed E-state index contributed by atoms with van der Waals surface area (Å²) in [4.78, 5) is 22.1. The zero-order chi connectivity index (χ0) is 11.8. The number of ether oxygens (including phenoxy) is 2. The summed E-state index contributed by atoms with van der Waals surface area (Å²) in [6.07, 6.45) is 0.921. The Balaban J connectivity index is 4.88. The topological polar surface area (TPSA) is 52.6 Å². The van der Waals surface area contributed by atoms with E-state index in [9.17, 15) is 14.0 Å². The fraction of sp³-hybridized carbons (Fsp3) is 0.400. The first-order chi connectivity index (χ1) is 7.08. The molecule has 0 bridgehead atoms. The van der Waals surface area contributed by atoms with E-state index in [2.05, 4.69) is 16.1 Å². The maximum atomic E-state index is 13.3. The molecule has 0 fully saturated rings. The van der Waals surface area contributed by atoms with Gasteiger partial charge in [0.2, 0.25) is 5.83 Å². The third-order valence-corrected chi connectivity index (χ3v) is 1.39. The van der Waals surface area contributed by atoms with Crippen molar-refractivity contribution in [1.29, 1.82) is 0 Å². The van der Waals surface area contributed by atoms with E-state index in [-0.39, 0.29) is 13.2 Å². The molecule has 0 heterocycles. The summed E-state index contributed by atoms with van der Waals surface area (Å²) in [5.41, 5.74) is -0.518. The number of rotatable bonds is 5. The lowest BCUT2D eigenvalue weighted by Gasteiger charge is -2.04. The van der Waals surface area contributed by atoms with Crippen LogP contribution in [0.25, 0.3) is 0 Å². The lowest BCUT2D eigenvalue weighted by Crippen LogP contribution is -2.13. The van der Waals surface area contributed by atoms with E-state index in [1.54, 1.807) is 6.92 Å². The van der Waals surface area contributed by atoms with Crippen LogP contribution < -0.4 is 0 Å². The van der Waals surface area contributed by atoms with E-state index < -0.39 is 23.3 Å². The van der Waals surface area contributed by atoms with Gasteiger partial charge in [-0.2, -0.15) is 4.39 Å². The van der Waals surface area contributed by atoms with Crippen molar-refractivity contribution in [2.75, 3.05) is 13.2 Å². The monoisotopic (exact) mass is 216 g/mol. The molecule has 0 atom stereocenters. The van der Waals surface area contributed by atoms with Gasteiger partial charge in [0.05, 0.1) is 13.2 Å². The predicted molar refractivity (Wildman–Crippen MR) is 51.6 cm³/mol. The molecule has 0 unspecified atom stereocenters. The smallest absolute Gasteiger partial charge is 0.368 e. The molecule has 84 valence electrons. The number of carbonyl (C=O) groups excluding carboxylic acids is 2. The lowest BCUT2D eigenvalue weighted by atomic mass is 10.2. The summed E-state index contributed by atoms with van der Waals surface area (Å²) < 4.78 is 22.2. The Morgan fingerprint density at radius 3 is 2.07 bits per heavy atom. The van der Waals surface area contributed by atoms with Gasteiger partial charge in [0.15, 0.2) is 0 Å². The van der Waals surface area contributed by atoms with E-state index in [1.807, 2.05) is 0 Å². The Kier molecular flexibility index (Phi) is 6.01. The van der Waals surface area contributed by atoms with Gasteiger partial charge in [-0.15, -0.1) is 0 Å². The number of esters is 2. The van der Waals surface area contributed by atoms with Crippen LogP contribution in [-0.2, 0) is 19.1 Å². The molecule has 0 radical (unpaired) electrons. The van der Waals surface area contributed by atoms with Gasteiger partial charge < -0.3 is 9.47 Å². The second-order valence-electron chi connectivity index (χ2n) is 2.37. The molecule has 5 heteroatoms. The van der Waals surface area contributed by atoms with Crippen molar-refractivity contribution in [3.8, 4) is 0 Å². The number of halogens is 1. The first kappa shape index (κ1) is 13.4. The molecule has 0 rings (SSSR count). The van der Waals surface area contributed by atoms with Crippen molar-refractivity contribution in [1.82, 2.24) is 0 Å². The minimum atomic E-state index is -1.29. The van der Waals surface area contributed by atoms with Gasteiger partial charge >= 0.3 is 11.9 Å². The van der Waals surface area contributed by atoms with E-state index in [0.717, 1.165) is 6.08 Å². The Hall–Kier alpha value is -1.65. The van der Waals surface area contributed by atoms with Crippen LogP contribution in [-0.4, -0.2) is 25.2 Å². The number of hydrogen-bond acceptors (Lipinski definition) is 4. The summed E-state index contributed by atoms with van der Waals surface area (Å²) in [7, 11) is 0. The lowest BCUT2D eigenvalue weighted by molar-refractivity contribution is -0.142. The molecule has 0 amide bonds. The second-order valence-corrected chi connectivity index (χ2v) is 2.37. The molecule has 0 aromatic rings. The molecule has 15 heavy (non-hydrogen) atoms. The molecular weight excluding hydrogens is 203 g/mol. The zero-order valence-electron chi connectivity index (χ0n) is 8.71. The minimum Gasteiger partial charge on any atom is -0.462 e. The van der Waals surface area contributed by atoms with Crippen LogP contribution in [0.1, 0.15) is 13.8 Å². The molecular formula is C10H13FO4. The van der Waals surface area contributed by atoms with E-state index >= 15 is 0 Å². The summed E-state index contributed by atoms with van der Waals surface area (Å²) in [5, 5.41) is 0. The third kappa shape index (κ3) is 3.93. The van der Waals surface area contributed by atoms with E-state index in [1.165, 1.54) is 6.92 Å². The summed E-state index contributed by atoms with van der Waals surface area (Å²) >= 11 is 0. The molecule has 0 aromatic carbocycles. The first-order valence-electron chi connectivity index (χ1n) is 4.44. The maximum Gasteiger partial charge on any atom is 0.368 e. The SMILES string of the molecule is C=C/C(C(=O)OCC)=C(\F)C(=O)OCC. The minimum absolute atomic E-state index is 0.0273. The fourth-order valence-corrected chi connectivity index (χ4v) is 0.776. The average molecular weight is 216 g/mol. The molecule has 0 aliphatic carbocycles. The van der Waals surface area contributed by atoms with Crippen LogP contribution in [0.3, 0.4) is 0 Å². The first-order valence-corrected chi connectivity index (χ1v) is 4.44. The Morgan fingerprint density at radius 1 is 1.20 bits per heavy atom. The van der Waals surface area contributed by atoms with E-state index in [4.69, 9.17) is 0 Å². The molecule has 0 spiro atoms. The number of carbonyl (C=O) groups is 2. The molecule has 0 aliphatic heterocycles. The Labute approximate surface area is 87.4 Å². The van der Waals surface area contributed by atoms with Gasteiger partial charge in [-0.25, -0.2) is 9.59 Å². The van der Waals surface area contributed by atoms with Gasteiger partial charge in [-0.3, -0.25) is 0 Å². The quantitative estimate of drug-likeness (QED) is 0.397. The van der Waals surface area contributed by atoms with Gasteiger partial charge in [0.1, 0.15) is 5.57 Å². The van der Waals surface area contributed by atoms with Gasteiger partial charge in [0, 0.05) is 0 Å². The van der Waals surface area contributed by atoms with Crippen LogP contribution in [0.2, 0.25) is 0 Å². The predicted octanol–water partition coefficient (Wildman–Crippen LogP) is 1.52. The van der Waals surface area contributed by atoms with Crippen molar-refractivity contribution in [2.45, 2.75) is 13.8 Å². The highest BCUT2D eigenvalue weighted by molar-refractivity contribution is 6.00. The third-order valence-electron chi connectivity index (χ3n) is 1.39. The van der Waals surface area contributed by atoms with E-state index in [0.29, 0.717) is 0 Å². The molecule has 0 aromatic heterocycles. The average Bonchev–Trinajstić information content (AvgIpc) is 2.19. The van der Waals surface area contributed by atoms with Gasteiger partial charge in [-0.1, -0.05) is 12.7 Å². The van der Waals surface area contributed by atoms with Gasteiger partial charge in [-0.05, 0) is 13.8 Å². The summed E-state index contributed by atoms with van der Waals surface area (Å²) in [6, 6.07) is 0. The van der Waals surface area contributed by atoms with Crippen LogP contribution in [0, 0.1) is 0 Å². The largest absolute Gasteiger partial charge is 0.462 e. The number of hydrogen-bond donors (Lipinski definition) is 0. The van der Waals surface area contributed by atoms with Crippen molar-refractivity contribution in [3.05, 3.63) is 24.1 Å². The van der Waals surface area contributed by atoms with Crippen LogP contribution >= 0.6 is 0 Å². The van der Waals surface area contributed by atoms with Crippen LogP contribution in [0.15, 0.2) is 24.1 Å². The second kappa shape index (κ2) is 6.75. The molecule has 0 aliphatic rings.